The minimum Gasteiger partial charge on any atom is -0.444 e. The first-order valence-electron chi connectivity index (χ1n) is 7.66. The van der Waals surface area contributed by atoms with Crippen molar-refractivity contribution in [3.8, 4) is 0 Å². The van der Waals surface area contributed by atoms with E-state index in [4.69, 9.17) is 4.74 Å². The standard InChI is InChI=1S/C16H26N2O2S/c1-16(2,3)20-15(19)18-8-4-5-14(6-9-18)17-11-13-7-10-21-12-13/h7,10,12,14,17H,4-6,8-9,11H2,1-3H3. The highest BCUT2D eigenvalue weighted by molar-refractivity contribution is 7.07. The van der Waals surface area contributed by atoms with Gasteiger partial charge in [0.2, 0.25) is 0 Å². The Kier molecular flexibility index (Phi) is 5.65. The van der Waals surface area contributed by atoms with Crippen molar-refractivity contribution in [2.75, 3.05) is 13.1 Å². The topological polar surface area (TPSA) is 41.6 Å². The number of thiophene rings is 1. The third kappa shape index (κ3) is 5.67. The second-order valence-electron chi connectivity index (χ2n) is 6.61. The molecule has 1 amide bonds. The van der Waals surface area contributed by atoms with Crippen molar-refractivity contribution in [1.29, 1.82) is 0 Å². The molecule has 0 aromatic carbocycles. The number of hydrogen-bond donors (Lipinski definition) is 1. The van der Waals surface area contributed by atoms with Crippen LogP contribution in [0.2, 0.25) is 0 Å². The van der Waals surface area contributed by atoms with Crippen LogP contribution >= 0.6 is 11.3 Å². The molecular formula is C16H26N2O2S. The maximum atomic E-state index is 12.1. The first kappa shape index (κ1) is 16.3. The first-order valence-corrected chi connectivity index (χ1v) is 8.61. The van der Waals surface area contributed by atoms with E-state index >= 15 is 0 Å². The van der Waals surface area contributed by atoms with E-state index in [1.54, 1.807) is 11.3 Å². The van der Waals surface area contributed by atoms with Crippen LogP contribution in [-0.2, 0) is 11.3 Å². The van der Waals surface area contributed by atoms with Crippen molar-refractivity contribution in [1.82, 2.24) is 10.2 Å². The van der Waals surface area contributed by atoms with E-state index in [1.807, 2.05) is 25.7 Å². The third-order valence-electron chi connectivity index (χ3n) is 3.55. The summed E-state index contributed by atoms with van der Waals surface area (Å²) >= 11 is 1.73. The molecule has 0 bridgehead atoms. The fourth-order valence-corrected chi connectivity index (χ4v) is 3.13. The van der Waals surface area contributed by atoms with Crippen LogP contribution in [0.5, 0.6) is 0 Å². The van der Waals surface area contributed by atoms with E-state index in [0.29, 0.717) is 6.04 Å². The molecule has 0 radical (unpaired) electrons. The van der Waals surface area contributed by atoms with Gasteiger partial charge in [0.25, 0.3) is 0 Å². The van der Waals surface area contributed by atoms with Crippen molar-refractivity contribution >= 4 is 17.4 Å². The Morgan fingerprint density at radius 3 is 2.90 bits per heavy atom. The maximum absolute atomic E-state index is 12.1. The molecule has 1 aliphatic heterocycles. The molecule has 0 saturated carbocycles. The molecule has 1 aliphatic rings. The summed E-state index contributed by atoms with van der Waals surface area (Å²) in [7, 11) is 0. The van der Waals surface area contributed by atoms with Gasteiger partial charge in [0.1, 0.15) is 5.60 Å². The Balaban J connectivity index is 1.77. The SMILES string of the molecule is CC(C)(C)OC(=O)N1CCCC(NCc2ccsc2)CC1. The van der Waals surface area contributed by atoms with Crippen LogP contribution in [0.4, 0.5) is 4.79 Å². The van der Waals surface area contributed by atoms with Gasteiger partial charge in [-0.05, 0) is 62.4 Å². The molecule has 4 nitrogen and oxygen atoms in total. The lowest BCUT2D eigenvalue weighted by atomic mass is 10.1. The van der Waals surface area contributed by atoms with Gasteiger partial charge >= 0.3 is 6.09 Å². The van der Waals surface area contributed by atoms with Crippen molar-refractivity contribution in [2.24, 2.45) is 0 Å². The van der Waals surface area contributed by atoms with Gasteiger partial charge in [0, 0.05) is 25.7 Å². The van der Waals surface area contributed by atoms with E-state index < -0.39 is 5.60 Å². The van der Waals surface area contributed by atoms with Crippen LogP contribution in [0.3, 0.4) is 0 Å². The van der Waals surface area contributed by atoms with E-state index in [1.165, 1.54) is 5.56 Å². The Labute approximate surface area is 131 Å². The molecule has 21 heavy (non-hydrogen) atoms. The lowest BCUT2D eigenvalue weighted by molar-refractivity contribution is 0.0256. The molecular weight excluding hydrogens is 284 g/mol. The summed E-state index contributed by atoms with van der Waals surface area (Å²) in [6.07, 6.45) is 2.95. The predicted molar refractivity (Wildman–Crippen MR) is 86.6 cm³/mol. The Bertz CT molecular complexity index is 440. The van der Waals surface area contributed by atoms with E-state index in [0.717, 1.165) is 38.9 Å². The fourth-order valence-electron chi connectivity index (χ4n) is 2.46. The van der Waals surface area contributed by atoms with Gasteiger partial charge in [-0.25, -0.2) is 4.79 Å². The van der Waals surface area contributed by atoms with Crippen molar-refractivity contribution in [2.45, 2.75) is 58.2 Å². The normalized spacial score (nSPS) is 20.1. The highest BCUT2D eigenvalue weighted by Crippen LogP contribution is 2.16. The second kappa shape index (κ2) is 7.27. The van der Waals surface area contributed by atoms with Crippen molar-refractivity contribution < 1.29 is 9.53 Å². The summed E-state index contributed by atoms with van der Waals surface area (Å²) in [6.45, 7) is 8.22. The summed E-state index contributed by atoms with van der Waals surface area (Å²) in [5.74, 6) is 0. The molecule has 1 aromatic rings. The van der Waals surface area contributed by atoms with Crippen LogP contribution in [0.1, 0.15) is 45.6 Å². The largest absolute Gasteiger partial charge is 0.444 e. The minimum absolute atomic E-state index is 0.180. The lowest BCUT2D eigenvalue weighted by Crippen LogP contribution is -2.38. The molecule has 5 heteroatoms. The van der Waals surface area contributed by atoms with Crippen LogP contribution < -0.4 is 5.32 Å². The molecule has 0 aliphatic carbocycles. The van der Waals surface area contributed by atoms with E-state index in [9.17, 15) is 4.79 Å². The summed E-state index contributed by atoms with van der Waals surface area (Å²) in [6, 6.07) is 2.64. The number of nitrogens with zero attached hydrogens (tertiary/aromatic N) is 1. The zero-order chi connectivity index (χ0) is 15.3. The molecule has 1 aromatic heterocycles. The average Bonchev–Trinajstić information content (AvgIpc) is 2.78. The van der Waals surface area contributed by atoms with E-state index in [-0.39, 0.29) is 6.09 Å². The molecule has 2 heterocycles. The van der Waals surface area contributed by atoms with Gasteiger partial charge in [0.05, 0.1) is 0 Å². The number of likely N-dealkylation sites (tertiary alicyclic amines) is 1. The minimum atomic E-state index is -0.417. The zero-order valence-corrected chi connectivity index (χ0v) is 14.0. The summed E-state index contributed by atoms with van der Waals surface area (Å²) in [4.78, 5) is 13.9. The van der Waals surface area contributed by atoms with Gasteiger partial charge < -0.3 is 15.0 Å². The molecule has 1 unspecified atom stereocenters. The summed E-state index contributed by atoms with van der Waals surface area (Å²) in [5.41, 5.74) is 0.924. The van der Waals surface area contributed by atoms with Crippen molar-refractivity contribution in [3.05, 3.63) is 22.4 Å². The van der Waals surface area contributed by atoms with Gasteiger partial charge in [0.15, 0.2) is 0 Å². The smallest absolute Gasteiger partial charge is 0.410 e. The van der Waals surface area contributed by atoms with E-state index in [2.05, 4.69) is 22.1 Å². The molecule has 118 valence electrons. The zero-order valence-electron chi connectivity index (χ0n) is 13.2. The number of rotatable bonds is 3. The number of nitrogens with one attached hydrogen (secondary N) is 1. The monoisotopic (exact) mass is 310 g/mol. The number of hydrogen-bond acceptors (Lipinski definition) is 4. The number of amides is 1. The number of carbonyl (C=O) groups is 1. The molecule has 1 fully saturated rings. The molecule has 2 rings (SSSR count). The highest BCUT2D eigenvalue weighted by Gasteiger charge is 2.24. The average molecular weight is 310 g/mol. The highest BCUT2D eigenvalue weighted by atomic mass is 32.1. The fraction of sp³-hybridized carbons (Fsp3) is 0.688. The van der Waals surface area contributed by atoms with Gasteiger partial charge in [-0.1, -0.05) is 0 Å². The van der Waals surface area contributed by atoms with Crippen molar-refractivity contribution in [3.63, 3.8) is 0 Å². The van der Waals surface area contributed by atoms with Gasteiger partial charge in [-0.3, -0.25) is 0 Å². The van der Waals surface area contributed by atoms with Crippen LogP contribution in [0, 0.1) is 0 Å². The Hall–Kier alpha value is -1.07. The van der Waals surface area contributed by atoms with Crippen LogP contribution in [-0.4, -0.2) is 35.7 Å². The third-order valence-corrected chi connectivity index (χ3v) is 4.29. The van der Waals surface area contributed by atoms with Gasteiger partial charge in [-0.15, -0.1) is 0 Å². The second-order valence-corrected chi connectivity index (χ2v) is 7.39. The molecule has 1 atom stereocenters. The van der Waals surface area contributed by atoms with Crippen LogP contribution in [0.25, 0.3) is 0 Å². The maximum Gasteiger partial charge on any atom is 0.410 e. The van der Waals surface area contributed by atoms with Crippen LogP contribution in [0.15, 0.2) is 16.8 Å². The molecule has 1 N–H and O–H groups in total. The molecule has 0 spiro atoms. The lowest BCUT2D eigenvalue weighted by Gasteiger charge is -2.26. The molecule has 1 saturated heterocycles. The van der Waals surface area contributed by atoms with Gasteiger partial charge in [-0.2, -0.15) is 11.3 Å². The number of carbonyl (C=O) groups excluding carboxylic acids is 1. The first-order chi connectivity index (χ1) is 9.94. The predicted octanol–water partition coefficient (Wildman–Crippen LogP) is 3.63. The number of ether oxygens (including phenoxy) is 1. The quantitative estimate of drug-likeness (QED) is 0.927. The Morgan fingerprint density at radius 1 is 1.43 bits per heavy atom. The Morgan fingerprint density at radius 2 is 2.24 bits per heavy atom. The summed E-state index contributed by atoms with van der Waals surface area (Å²) in [5, 5.41) is 7.88. The summed E-state index contributed by atoms with van der Waals surface area (Å²) < 4.78 is 5.45.